The van der Waals surface area contributed by atoms with Crippen molar-refractivity contribution in [1.29, 1.82) is 0 Å². The van der Waals surface area contributed by atoms with Crippen molar-refractivity contribution in [2.75, 3.05) is 26.7 Å². The van der Waals surface area contributed by atoms with Gasteiger partial charge in [-0.15, -0.1) is 0 Å². The largest absolute Gasteiger partial charge is 0.316 e. The number of hydrogen-bond acceptors (Lipinski definition) is 2. The fraction of sp³-hybridized carbons (Fsp3) is 1.00. The van der Waals surface area contributed by atoms with Crippen LogP contribution < -0.4 is 5.32 Å². The minimum Gasteiger partial charge on any atom is -0.316 e. The molecular weight excluding hydrogens is 172 g/mol. The summed E-state index contributed by atoms with van der Waals surface area (Å²) >= 11 is 0. The van der Waals surface area contributed by atoms with Gasteiger partial charge in [0.15, 0.2) is 0 Å². The molecule has 0 radical (unpaired) electrons. The molecule has 0 rings (SSSR count). The van der Waals surface area contributed by atoms with Gasteiger partial charge in [-0.1, -0.05) is 27.7 Å². The predicted molar refractivity (Wildman–Crippen MR) is 64.6 cm³/mol. The molecule has 0 aromatic rings. The molecule has 86 valence electrons. The van der Waals surface area contributed by atoms with E-state index in [-0.39, 0.29) is 0 Å². The molecular formula is C12H28N2. The van der Waals surface area contributed by atoms with Gasteiger partial charge in [0.05, 0.1) is 0 Å². The van der Waals surface area contributed by atoms with Gasteiger partial charge in [0.25, 0.3) is 0 Å². The maximum absolute atomic E-state index is 3.30. The van der Waals surface area contributed by atoms with Crippen LogP contribution in [0.4, 0.5) is 0 Å². The third-order valence-corrected chi connectivity index (χ3v) is 2.27. The molecule has 0 saturated heterocycles. The zero-order chi connectivity index (χ0) is 11.1. The van der Waals surface area contributed by atoms with Gasteiger partial charge in [0, 0.05) is 25.7 Å². The molecule has 1 unspecified atom stereocenters. The first-order valence-electron chi connectivity index (χ1n) is 5.85. The molecule has 2 heteroatoms. The molecule has 0 amide bonds. The van der Waals surface area contributed by atoms with Crippen LogP contribution in [0.5, 0.6) is 0 Å². The molecule has 0 aliphatic carbocycles. The summed E-state index contributed by atoms with van der Waals surface area (Å²) in [6.07, 6.45) is 0. The fourth-order valence-electron chi connectivity index (χ4n) is 1.73. The average Bonchev–Trinajstić information content (AvgIpc) is 2.01. The summed E-state index contributed by atoms with van der Waals surface area (Å²) in [5, 5.41) is 3.30. The van der Waals surface area contributed by atoms with E-state index in [0.29, 0.717) is 6.04 Å². The monoisotopic (exact) mass is 200 g/mol. The Balaban J connectivity index is 3.96. The van der Waals surface area contributed by atoms with Gasteiger partial charge < -0.3 is 10.2 Å². The SMILES string of the molecule is CNC(C)CN(CC(C)C)CC(C)C. The molecule has 0 bridgehead atoms. The van der Waals surface area contributed by atoms with E-state index in [2.05, 4.69) is 44.8 Å². The quantitative estimate of drug-likeness (QED) is 0.678. The predicted octanol–water partition coefficient (Wildman–Crippen LogP) is 2.21. The van der Waals surface area contributed by atoms with Crippen LogP contribution in [-0.4, -0.2) is 37.6 Å². The smallest absolute Gasteiger partial charge is 0.0163 e. The third kappa shape index (κ3) is 7.34. The van der Waals surface area contributed by atoms with E-state index in [4.69, 9.17) is 0 Å². The Hall–Kier alpha value is -0.0800. The van der Waals surface area contributed by atoms with E-state index >= 15 is 0 Å². The van der Waals surface area contributed by atoms with Crippen molar-refractivity contribution in [3.8, 4) is 0 Å². The van der Waals surface area contributed by atoms with Crippen LogP contribution in [0, 0.1) is 11.8 Å². The first-order chi connectivity index (χ1) is 6.45. The first-order valence-corrected chi connectivity index (χ1v) is 5.85. The summed E-state index contributed by atoms with van der Waals surface area (Å²) in [7, 11) is 2.04. The molecule has 0 heterocycles. The minimum absolute atomic E-state index is 0.590. The highest BCUT2D eigenvalue weighted by Gasteiger charge is 2.11. The van der Waals surface area contributed by atoms with Gasteiger partial charge >= 0.3 is 0 Å². The van der Waals surface area contributed by atoms with E-state index in [0.717, 1.165) is 18.4 Å². The van der Waals surface area contributed by atoms with Crippen molar-refractivity contribution in [2.45, 2.75) is 40.7 Å². The highest BCUT2D eigenvalue weighted by molar-refractivity contribution is 4.68. The molecule has 0 spiro atoms. The number of nitrogens with one attached hydrogen (secondary N) is 1. The van der Waals surface area contributed by atoms with Crippen molar-refractivity contribution in [3.05, 3.63) is 0 Å². The molecule has 1 atom stereocenters. The normalized spacial score (nSPS) is 14.4. The Morgan fingerprint density at radius 2 is 1.29 bits per heavy atom. The lowest BCUT2D eigenvalue weighted by Crippen LogP contribution is -2.41. The number of hydrogen-bond donors (Lipinski definition) is 1. The highest BCUT2D eigenvalue weighted by Crippen LogP contribution is 2.04. The summed E-state index contributed by atoms with van der Waals surface area (Å²) in [5.74, 6) is 1.52. The maximum atomic E-state index is 3.30. The fourth-order valence-corrected chi connectivity index (χ4v) is 1.73. The van der Waals surface area contributed by atoms with E-state index in [1.54, 1.807) is 0 Å². The Morgan fingerprint density at radius 1 is 0.857 bits per heavy atom. The van der Waals surface area contributed by atoms with Crippen LogP contribution in [0.15, 0.2) is 0 Å². The van der Waals surface area contributed by atoms with Crippen molar-refractivity contribution in [3.63, 3.8) is 0 Å². The lowest BCUT2D eigenvalue weighted by molar-refractivity contribution is 0.203. The molecule has 2 nitrogen and oxygen atoms in total. The van der Waals surface area contributed by atoms with Crippen molar-refractivity contribution < 1.29 is 0 Å². The van der Waals surface area contributed by atoms with E-state index < -0.39 is 0 Å². The third-order valence-electron chi connectivity index (χ3n) is 2.27. The summed E-state index contributed by atoms with van der Waals surface area (Å²) in [5.41, 5.74) is 0. The zero-order valence-electron chi connectivity index (χ0n) is 10.8. The molecule has 0 aromatic carbocycles. The summed E-state index contributed by atoms with van der Waals surface area (Å²) < 4.78 is 0. The summed E-state index contributed by atoms with van der Waals surface area (Å²) in [4.78, 5) is 2.57. The van der Waals surface area contributed by atoms with Crippen LogP contribution in [0.25, 0.3) is 0 Å². The first kappa shape index (κ1) is 13.9. The average molecular weight is 200 g/mol. The maximum Gasteiger partial charge on any atom is 0.0163 e. The van der Waals surface area contributed by atoms with Crippen LogP contribution in [0.2, 0.25) is 0 Å². The second kappa shape index (κ2) is 7.24. The Morgan fingerprint density at radius 3 is 1.57 bits per heavy atom. The number of rotatable bonds is 7. The molecule has 0 aliphatic heterocycles. The van der Waals surface area contributed by atoms with Crippen molar-refractivity contribution >= 4 is 0 Å². The molecule has 1 N–H and O–H groups in total. The van der Waals surface area contributed by atoms with Gasteiger partial charge in [-0.2, -0.15) is 0 Å². The van der Waals surface area contributed by atoms with Gasteiger partial charge in [0.1, 0.15) is 0 Å². The van der Waals surface area contributed by atoms with E-state index in [9.17, 15) is 0 Å². The van der Waals surface area contributed by atoms with E-state index in [1.807, 2.05) is 7.05 Å². The highest BCUT2D eigenvalue weighted by atomic mass is 15.1. The van der Waals surface area contributed by atoms with Crippen molar-refractivity contribution in [1.82, 2.24) is 10.2 Å². The Labute approximate surface area is 90.1 Å². The van der Waals surface area contributed by atoms with Gasteiger partial charge in [0.2, 0.25) is 0 Å². The van der Waals surface area contributed by atoms with E-state index in [1.165, 1.54) is 13.1 Å². The standard InChI is InChI=1S/C12H28N2/c1-10(2)7-14(8-11(3)4)9-12(5)13-6/h10-13H,7-9H2,1-6H3. The van der Waals surface area contributed by atoms with Gasteiger partial charge in [-0.05, 0) is 25.8 Å². The van der Waals surface area contributed by atoms with Gasteiger partial charge in [-0.3, -0.25) is 0 Å². The van der Waals surface area contributed by atoms with Crippen LogP contribution in [0.3, 0.4) is 0 Å². The summed E-state index contributed by atoms with van der Waals surface area (Å²) in [6, 6.07) is 0.590. The topological polar surface area (TPSA) is 15.3 Å². The molecule has 0 saturated carbocycles. The van der Waals surface area contributed by atoms with Crippen LogP contribution in [-0.2, 0) is 0 Å². The Kier molecular flexibility index (Phi) is 7.20. The van der Waals surface area contributed by atoms with Crippen molar-refractivity contribution in [2.24, 2.45) is 11.8 Å². The van der Waals surface area contributed by atoms with Crippen LogP contribution >= 0.6 is 0 Å². The zero-order valence-corrected chi connectivity index (χ0v) is 10.8. The molecule has 0 aliphatic rings. The Bertz CT molecular complexity index is 122. The summed E-state index contributed by atoms with van der Waals surface area (Å²) in [6.45, 7) is 15.0. The lowest BCUT2D eigenvalue weighted by atomic mass is 10.1. The number of nitrogens with zero attached hydrogens (tertiary/aromatic N) is 1. The number of likely N-dealkylation sites (N-methyl/N-ethyl adjacent to an activating group) is 1. The second-order valence-corrected chi connectivity index (χ2v) is 5.20. The second-order valence-electron chi connectivity index (χ2n) is 5.20. The van der Waals surface area contributed by atoms with Crippen LogP contribution in [0.1, 0.15) is 34.6 Å². The molecule has 0 fully saturated rings. The lowest BCUT2D eigenvalue weighted by Gasteiger charge is -2.28. The molecule has 14 heavy (non-hydrogen) atoms. The molecule has 0 aromatic heterocycles. The van der Waals surface area contributed by atoms with Gasteiger partial charge in [-0.25, -0.2) is 0 Å². The minimum atomic E-state index is 0.590.